The number of hydrogen-bond acceptors (Lipinski definition) is 1. The van der Waals surface area contributed by atoms with Crippen LogP contribution in [-0.2, 0) is 0 Å². The molecular weight excluding hydrogens is 146 g/mol. The molecule has 0 aromatic carbocycles. The topological polar surface area (TPSA) is 12.0 Å². The minimum atomic E-state index is 0.429. The Morgan fingerprint density at radius 2 is 2.25 bits per heavy atom. The molecule has 1 heteroatoms. The van der Waals surface area contributed by atoms with Gasteiger partial charge in [-0.1, -0.05) is 32.9 Å². The van der Waals surface area contributed by atoms with Crippen molar-refractivity contribution in [2.45, 2.75) is 33.6 Å². The molecule has 0 aromatic rings. The molecule has 0 bridgehead atoms. The van der Waals surface area contributed by atoms with E-state index in [1.165, 1.54) is 19.4 Å². The summed E-state index contributed by atoms with van der Waals surface area (Å²) in [5.74, 6) is 0.852. The molecule has 0 saturated carbocycles. The van der Waals surface area contributed by atoms with E-state index in [1.807, 2.05) is 0 Å². The first-order chi connectivity index (χ1) is 5.64. The molecule has 0 amide bonds. The third kappa shape index (κ3) is 2.98. The van der Waals surface area contributed by atoms with Gasteiger partial charge in [0.15, 0.2) is 0 Å². The minimum absolute atomic E-state index is 0.429. The summed E-state index contributed by atoms with van der Waals surface area (Å²) >= 11 is 0. The third-order valence-electron chi connectivity index (χ3n) is 2.54. The summed E-state index contributed by atoms with van der Waals surface area (Å²) in [6, 6.07) is 0. The van der Waals surface area contributed by atoms with Crippen LogP contribution in [0.4, 0.5) is 0 Å². The van der Waals surface area contributed by atoms with E-state index in [0.717, 1.165) is 12.5 Å². The SMILES string of the molecule is CCNCC1CC=CC(C)(C)C1. The highest BCUT2D eigenvalue weighted by molar-refractivity contribution is 5.01. The number of rotatable bonds is 3. The smallest absolute Gasteiger partial charge is 0.00174 e. The van der Waals surface area contributed by atoms with E-state index >= 15 is 0 Å². The fourth-order valence-corrected chi connectivity index (χ4v) is 1.98. The summed E-state index contributed by atoms with van der Waals surface area (Å²) in [4.78, 5) is 0. The molecule has 1 aliphatic rings. The van der Waals surface area contributed by atoms with Crippen LogP contribution in [0.5, 0.6) is 0 Å². The quantitative estimate of drug-likeness (QED) is 0.637. The van der Waals surface area contributed by atoms with E-state index in [4.69, 9.17) is 0 Å². The Balaban J connectivity index is 2.35. The summed E-state index contributed by atoms with van der Waals surface area (Å²) in [5.41, 5.74) is 0.429. The van der Waals surface area contributed by atoms with E-state index < -0.39 is 0 Å². The maximum Gasteiger partial charge on any atom is -0.00174 e. The number of allylic oxidation sites excluding steroid dienone is 2. The van der Waals surface area contributed by atoms with Crippen molar-refractivity contribution in [2.75, 3.05) is 13.1 Å². The Morgan fingerprint density at radius 1 is 1.50 bits per heavy atom. The van der Waals surface area contributed by atoms with Gasteiger partial charge in [0.25, 0.3) is 0 Å². The van der Waals surface area contributed by atoms with Gasteiger partial charge in [-0.2, -0.15) is 0 Å². The zero-order valence-electron chi connectivity index (χ0n) is 8.56. The first kappa shape index (κ1) is 9.79. The van der Waals surface area contributed by atoms with Crippen LogP contribution in [0.25, 0.3) is 0 Å². The molecule has 0 saturated heterocycles. The lowest BCUT2D eigenvalue weighted by Crippen LogP contribution is -2.28. The molecule has 1 N–H and O–H groups in total. The average Bonchev–Trinajstić information content (AvgIpc) is 1.99. The fourth-order valence-electron chi connectivity index (χ4n) is 1.98. The van der Waals surface area contributed by atoms with Crippen LogP contribution in [0.3, 0.4) is 0 Å². The van der Waals surface area contributed by atoms with E-state index in [2.05, 4.69) is 38.2 Å². The Labute approximate surface area is 76.2 Å². The van der Waals surface area contributed by atoms with Crippen molar-refractivity contribution in [1.29, 1.82) is 0 Å². The zero-order chi connectivity index (χ0) is 9.03. The first-order valence-electron chi connectivity index (χ1n) is 5.02. The summed E-state index contributed by atoms with van der Waals surface area (Å²) < 4.78 is 0. The second-order valence-corrected chi connectivity index (χ2v) is 4.50. The van der Waals surface area contributed by atoms with Crippen LogP contribution in [0.2, 0.25) is 0 Å². The van der Waals surface area contributed by atoms with Gasteiger partial charge in [0, 0.05) is 0 Å². The van der Waals surface area contributed by atoms with Crippen LogP contribution >= 0.6 is 0 Å². The van der Waals surface area contributed by atoms with E-state index in [0.29, 0.717) is 5.41 Å². The van der Waals surface area contributed by atoms with E-state index in [9.17, 15) is 0 Å². The molecule has 0 radical (unpaired) electrons. The number of nitrogens with one attached hydrogen (secondary N) is 1. The summed E-state index contributed by atoms with van der Waals surface area (Å²) in [5, 5.41) is 3.42. The monoisotopic (exact) mass is 167 g/mol. The molecule has 1 aliphatic carbocycles. The van der Waals surface area contributed by atoms with E-state index in [-0.39, 0.29) is 0 Å². The molecule has 0 heterocycles. The van der Waals surface area contributed by atoms with Crippen molar-refractivity contribution in [3.05, 3.63) is 12.2 Å². The molecular formula is C11H21N. The van der Waals surface area contributed by atoms with Gasteiger partial charge in [0.05, 0.1) is 0 Å². The standard InChI is InChI=1S/C11H21N/c1-4-12-9-10-6-5-7-11(2,3)8-10/h5,7,10,12H,4,6,8-9H2,1-3H3. The largest absolute Gasteiger partial charge is 0.317 e. The van der Waals surface area contributed by atoms with Crippen molar-refractivity contribution in [1.82, 2.24) is 5.32 Å². The Bertz CT molecular complexity index is 158. The lowest BCUT2D eigenvalue weighted by molar-refractivity contribution is 0.305. The third-order valence-corrected chi connectivity index (χ3v) is 2.54. The highest BCUT2D eigenvalue weighted by Gasteiger charge is 2.23. The summed E-state index contributed by atoms with van der Waals surface area (Å²) in [6.45, 7) is 9.10. The number of hydrogen-bond donors (Lipinski definition) is 1. The molecule has 12 heavy (non-hydrogen) atoms. The Hall–Kier alpha value is -0.300. The van der Waals surface area contributed by atoms with Crippen LogP contribution in [0.1, 0.15) is 33.6 Å². The van der Waals surface area contributed by atoms with Crippen molar-refractivity contribution < 1.29 is 0 Å². The highest BCUT2D eigenvalue weighted by Crippen LogP contribution is 2.32. The second-order valence-electron chi connectivity index (χ2n) is 4.50. The predicted molar refractivity (Wildman–Crippen MR) is 54.2 cm³/mol. The molecule has 1 atom stereocenters. The average molecular weight is 167 g/mol. The first-order valence-corrected chi connectivity index (χ1v) is 5.02. The summed E-state index contributed by atoms with van der Waals surface area (Å²) in [7, 11) is 0. The van der Waals surface area contributed by atoms with Crippen LogP contribution < -0.4 is 5.32 Å². The van der Waals surface area contributed by atoms with Gasteiger partial charge < -0.3 is 5.32 Å². The molecule has 70 valence electrons. The molecule has 1 unspecified atom stereocenters. The Morgan fingerprint density at radius 3 is 2.83 bits per heavy atom. The molecule has 0 fully saturated rings. The molecule has 1 nitrogen and oxygen atoms in total. The minimum Gasteiger partial charge on any atom is -0.317 e. The second kappa shape index (κ2) is 4.08. The van der Waals surface area contributed by atoms with Gasteiger partial charge in [-0.3, -0.25) is 0 Å². The van der Waals surface area contributed by atoms with Gasteiger partial charge in [-0.05, 0) is 37.3 Å². The normalized spacial score (nSPS) is 27.4. The van der Waals surface area contributed by atoms with Crippen LogP contribution in [-0.4, -0.2) is 13.1 Å². The maximum absolute atomic E-state index is 3.42. The van der Waals surface area contributed by atoms with Crippen molar-refractivity contribution >= 4 is 0 Å². The predicted octanol–water partition coefficient (Wildman–Crippen LogP) is 2.59. The van der Waals surface area contributed by atoms with Crippen molar-refractivity contribution in [3.8, 4) is 0 Å². The Kier molecular flexibility index (Phi) is 3.33. The van der Waals surface area contributed by atoms with Gasteiger partial charge in [0.2, 0.25) is 0 Å². The highest BCUT2D eigenvalue weighted by atomic mass is 14.8. The molecule has 0 aliphatic heterocycles. The zero-order valence-corrected chi connectivity index (χ0v) is 8.56. The molecule has 0 spiro atoms. The van der Waals surface area contributed by atoms with Gasteiger partial charge in [0.1, 0.15) is 0 Å². The summed E-state index contributed by atoms with van der Waals surface area (Å²) in [6.07, 6.45) is 7.29. The fraction of sp³-hybridized carbons (Fsp3) is 0.818. The molecule has 0 aromatic heterocycles. The van der Waals surface area contributed by atoms with E-state index in [1.54, 1.807) is 0 Å². The van der Waals surface area contributed by atoms with Crippen molar-refractivity contribution in [3.63, 3.8) is 0 Å². The van der Waals surface area contributed by atoms with Crippen LogP contribution in [0.15, 0.2) is 12.2 Å². The maximum atomic E-state index is 3.42. The van der Waals surface area contributed by atoms with Crippen molar-refractivity contribution in [2.24, 2.45) is 11.3 Å². The van der Waals surface area contributed by atoms with Gasteiger partial charge in [-0.25, -0.2) is 0 Å². The van der Waals surface area contributed by atoms with Crippen LogP contribution in [0, 0.1) is 11.3 Å². The lowest BCUT2D eigenvalue weighted by atomic mass is 9.77. The molecule has 1 rings (SSSR count). The lowest BCUT2D eigenvalue weighted by Gasteiger charge is -2.30. The van der Waals surface area contributed by atoms with Gasteiger partial charge in [-0.15, -0.1) is 0 Å². The van der Waals surface area contributed by atoms with Gasteiger partial charge >= 0.3 is 0 Å².